The lowest BCUT2D eigenvalue weighted by Crippen LogP contribution is -2.29. The van der Waals surface area contributed by atoms with Gasteiger partial charge in [-0.2, -0.15) is 0 Å². The van der Waals surface area contributed by atoms with Gasteiger partial charge in [0.15, 0.2) is 0 Å². The Kier molecular flexibility index (Phi) is 5.59. The van der Waals surface area contributed by atoms with E-state index < -0.39 is 11.9 Å². The second-order valence-corrected chi connectivity index (χ2v) is 5.53. The van der Waals surface area contributed by atoms with Crippen LogP contribution in [0.25, 0.3) is 0 Å². The summed E-state index contributed by atoms with van der Waals surface area (Å²) in [4.78, 5) is 13.7. The summed E-state index contributed by atoms with van der Waals surface area (Å²) in [6, 6.07) is 5.57. The average molecular weight is 292 g/mol. The molecular formula is C16H24N2O3. The Balaban J connectivity index is 2.22. The van der Waals surface area contributed by atoms with Crippen LogP contribution in [0.15, 0.2) is 18.2 Å². The summed E-state index contributed by atoms with van der Waals surface area (Å²) in [7, 11) is 1.65. The van der Waals surface area contributed by atoms with Crippen molar-refractivity contribution in [3.8, 4) is 5.75 Å². The molecule has 2 rings (SSSR count). The van der Waals surface area contributed by atoms with E-state index in [1.165, 1.54) is 19.3 Å². The second kappa shape index (κ2) is 7.43. The van der Waals surface area contributed by atoms with E-state index in [2.05, 4.69) is 4.90 Å². The number of methoxy groups -OCH3 is 1. The molecule has 0 aromatic heterocycles. The lowest BCUT2D eigenvalue weighted by Gasteiger charge is -2.27. The van der Waals surface area contributed by atoms with Crippen LogP contribution in [0.4, 0.5) is 0 Å². The molecule has 0 radical (unpaired) electrons. The minimum atomic E-state index is -0.883. The number of benzene rings is 1. The summed E-state index contributed by atoms with van der Waals surface area (Å²) in [5, 5.41) is 9.24. The van der Waals surface area contributed by atoms with Crippen LogP contribution < -0.4 is 10.5 Å². The highest BCUT2D eigenvalue weighted by atomic mass is 16.5. The molecule has 1 fully saturated rings. The number of aliphatic carboxylic acids is 1. The fourth-order valence-corrected chi connectivity index (χ4v) is 2.88. The first-order valence-electron chi connectivity index (χ1n) is 7.47. The molecule has 0 amide bonds. The predicted octanol–water partition coefficient (Wildman–Crippen LogP) is 1.81. The highest BCUT2D eigenvalue weighted by Gasteiger charge is 2.20. The normalized spacial score (nSPS) is 17.4. The number of carboxylic acid groups (broad SMARTS) is 1. The average Bonchev–Trinajstić information content (AvgIpc) is 2.49. The first kappa shape index (κ1) is 15.8. The number of hydrogen-bond acceptors (Lipinski definition) is 4. The van der Waals surface area contributed by atoms with E-state index in [1.807, 2.05) is 12.1 Å². The Morgan fingerprint density at radius 3 is 2.67 bits per heavy atom. The zero-order valence-corrected chi connectivity index (χ0v) is 12.5. The smallest absolute Gasteiger partial charge is 0.312 e. The van der Waals surface area contributed by atoms with Crippen molar-refractivity contribution in [2.45, 2.75) is 31.7 Å². The van der Waals surface area contributed by atoms with Crippen LogP contribution in [0.2, 0.25) is 0 Å². The van der Waals surface area contributed by atoms with Gasteiger partial charge < -0.3 is 15.6 Å². The van der Waals surface area contributed by atoms with Crippen molar-refractivity contribution >= 4 is 5.97 Å². The molecule has 116 valence electrons. The second-order valence-electron chi connectivity index (χ2n) is 5.53. The Bertz CT molecular complexity index is 484. The van der Waals surface area contributed by atoms with Crippen molar-refractivity contribution in [1.29, 1.82) is 0 Å². The highest BCUT2D eigenvalue weighted by molar-refractivity contribution is 5.76. The van der Waals surface area contributed by atoms with E-state index in [4.69, 9.17) is 10.5 Å². The zero-order chi connectivity index (χ0) is 15.2. The maximum Gasteiger partial charge on any atom is 0.312 e. The van der Waals surface area contributed by atoms with Crippen molar-refractivity contribution in [2.24, 2.45) is 5.73 Å². The molecule has 5 heteroatoms. The summed E-state index contributed by atoms with van der Waals surface area (Å²) in [5.74, 6) is -0.729. The SMILES string of the molecule is COc1ccc(C(CN)C(=O)O)cc1CN1CCCCC1. The van der Waals surface area contributed by atoms with Crippen molar-refractivity contribution in [3.63, 3.8) is 0 Å². The number of piperidine rings is 1. The number of carbonyl (C=O) groups is 1. The van der Waals surface area contributed by atoms with Crippen molar-refractivity contribution in [2.75, 3.05) is 26.7 Å². The topological polar surface area (TPSA) is 75.8 Å². The lowest BCUT2D eigenvalue weighted by molar-refractivity contribution is -0.138. The first-order chi connectivity index (χ1) is 10.2. The van der Waals surface area contributed by atoms with E-state index >= 15 is 0 Å². The van der Waals surface area contributed by atoms with Gasteiger partial charge in [-0.25, -0.2) is 0 Å². The Morgan fingerprint density at radius 1 is 1.38 bits per heavy atom. The zero-order valence-electron chi connectivity index (χ0n) is 12.5. The lowest BCUT2D eigenvalue weighted by atomic mass is 9.96. The molecule has 1 aliphatic heterocycles. The van der Waals surface area contributed by atoms with Crippen LogP contribution in [-0.2, 0) is 11.3 Å². The van der Waals surface area contributed by atoms with Gasteiger partial charge in [-0.15, -0.1) is 0 Å². The fraction of sp³-hybridized carbons (Fsp3) is 0.562. The van der Waals surface area contributed by atoms with Gasteiger partial charge in [-0.3, -0.25) is 9.69 Å². The predicted molar refractivity (Wildman–Crippen MR) is 81.6 cm³/mol. The number of nitrogens with zero attached hydrogens (tertiary/aromatic N) is 1. The summed E-state index contributed by atoms with van der Waals surface area (Å²) >= 11 is 0. The highest BCUT2D eigenvalue weighted by Crippen LogP contribution is 2.26. The number of nitrogens with two attached hydrogens (primary N) is 1. The maximum absolute atomic E-state index is 11.3. The van der Waals surface area contributed by atoms with Gasteiger partial charge in [0.05, 0.1) is 13.0 Å². The van der Waals surface area contributed by atoms with Crippen LogP contribution in [0.1, 0.15) is 36.3 Å². The largest absolute Gasteiger partial charge is 0.496 e. The number of hydrogen-bond donors (Lipinski definition) is 2. The van der Waals surface area contributed by atoms with Crippen LogP contribution in [0.5, 0.6) is 5.75 Å². The third kappa shape index (κ3) is 3.95. The summed E-state index contributed by atoms with van der Waals surface area (Å²) < 4.78 is 5.41. The van der Waals surface area contributed by atoms with Gasteiger partial charge in [0.2, 0.25) is 0 Å². The molecule has 1 aromatic carbocycles. The van der Waals surface area contributed by atoms with Crippen LogP contribution in [0, 0.1) is 0 Å². The van der Waals surface area contributed by atoms with E-state index in [9.17, 15) is 9.90 Å². The molecule has 1 aromatic rings. The summed E-state index contributed by atoms with van der Waals surface area (Å²) in [6.45, 7) is 3.08. The number of rotatable bonds is 6. The minimum absolute atomic E-state index is 0.102. The third-order valence-corrected chi connectivity index (χ3v) is 4.08. The minimum Gasteiger partial charge on any atom is -0.496 e. The molecule has 5 nitrogen and oxygen atoms in total. The fourth-order valence-electron chi connectivity index (χ4n) is 2.88. The summed E-state index contributed by atoms with van der Waals surface area (Å²) in [5.41, 5.74) is 7.37. The first-order valence-corrected chi connectivity index (χ1v) is 7.47. The van der Waals surface area contributed by atoms with E-state index in [1.54, 1.807) is 13.2 Å². The van der Waals surface area contributed by atoms with Gasteiger partial charge in [0, 0.05) is 18.7 Å². The third-order valence-electron chi connectivity index (χ3n) is 4.08. The molecule has 0 saturated carbocycles. The van der Waals surface area contributed by atoms with Crippen LogP contribution in [-0.4, -0.2) is 42.7 Å². The molecule has 1 heterocycles. The number of ether oxygens (including phenoxy) is 1. The monoisotopic (exact) mass is 292 g/mol. The van der Waals surface area contributed by atoms with Gasteiger partial charge in [-0.05, 0) is 43.6 Å². The molecule has 0 spiro atoms. The van der Waals surface area contributed by atoms with Gasteiger partial charge in [0.1, 0.15) is 5.75 Å². The van der Waals surface area contributed by atoms with E-state index in [0.717, 1.165) is 36.5 Å². The van der Waals surface area contributed by atoms with Crippen LogP contribution in [0.3, 0.4) is 0 Å². The van der Waals surface area contributed by atoms with E-state index in [-0.39, 0.29) is 6.54 Å². The van der Waals surface area contributed by atoms with Crippen molar-refractivity contribution in [1.82, 2.24) is 4.90 Å². The molecule has 21 heavy (non-hydrogen) atoms. The molecule has 0 bridgehead atoms. The number of likely N-dealkylation sites (tertiary alicyclic amines) is 1. The van der Waals surface area contributed by atoms with Gasteiger partial charge >= 0.3 is 5.97 Å². The molecular weight excluding hydrogens is 268 g/mol. The molecule has 1 atom stereocenters. The molecule has 3 N–H and O–H groups in total. The van der Waals surface area contributed by atoms with Crippen molar-refractivity contribution in [3.05, 3.63) is 29.3 Å². The molecule has 1 unspecified atom stereocenters. The Labute approximate surface area is 125 Å². The van der Waals surface area contributed by atoms with Gasteiger partial charge in [-0.1, -0.05) is 12.5 Å². The van der Waals surface area contributed by atoms with E-state index in [0.29, 0.717) is 0 Å². The standard InChI is InChI=1S/C16H24N2O3/c1-21-15-6-5-12(14(10-17)16(19)20)9-13(15)11-18-7-3-2-4-8-18/h5-6,9,14H,2-4,7-8,10-11,17H2,1H3,(H,19,20). The summed E-state index contributed by atoms with van der Waals surface area (Å²) in [6.07, 6.45) is 3.74. The molecule has 0 aliphatic carbocycles. The Hall–Kier alpha value is -1.59. The number of carboxylic acids is 1. The van der Waals surface area contributed by atoms with Crippen molar-refractivity contribution < 1.29 is 14.6 Å². The van der Waals surface area contributed by atoms with Gasteiger partial charge in [0.25, 0.3) is 0 Å². The quantitative estimate of drug-likeness (QED) is 0.836. The van der Waals surface area contributed by atoms with Crippen LogP contribution >= 0.6 is 0 Å². The molecule has 1 saturated heterocycles. The molecule has 1 aliphatic rings. The maximum atomic E-state index is 11.3. The Morgan fingerprint density at radius 2 is 2.10 bits per heavy atom.